The van der Waals surface area contributed by atoms with Crippen molar-refractivity contribution < 1.29 is 88.6 Å². The SMILES string of the molecule is CCCCCOC1C=CC(c2ccc(-c3ccc(C(=O)NC4CC(O)C(OCCOCCN)NC(=O)C(CO)N(CCC)C(=O)C(C(C)O)NC(=O)C(C(O)C(O)c5ccc(O)cc5)NC(=O)C5CC(O)CN5C(=O)C(C(C)O)NC4=O)cc3)cc2)=CC1. The van der Waals surface area contributed by atoms with Gasteiger partial charge in [0.15, 0.2) is 6.23 Å². The maximum atomic E-state index is 14.7. The lowest BCUT2D eigenvalue weighted by Crippen LogP contribution is -2.64. The van der Waals surface area contributed by atoms with Gasteiger partial charge in [-0.1, -0.05) is 93.4 Å². The Balaban J connectivity index is 1.36. The van der Waals surface area contributed by atoms with E-state index in [2.05, 4.69) is 45.7 Å². The summed E-state index contributed by atoms with van der Waals surface area (Å²) in [6, 6.07) is 7.26. The first-order chi connectivity index (χ1) is 42.1. The fourth-order valence-corrected chi connectivity index (χ4v) is 10.5. The first-order valence-electron chi connectivity index (χ1n) is 29.8. The minimum absolute atomic E-state index is 0.0202. The summed E-state index contributed by atoms with van der Waals surface area (Å²) in [7, 11) is 0. The van der Waals surface area contributed by atoms with Crippen molar-refractivity contribution in [3.05, 3.63) is 108 Å². The lowest BCUT2D eigenvalue weighted by Gasteiger charge is -2.36. The Bertz CT molecular complexity index is 2860. The molecule has 2 heterocycles. The second-order valence-electron chi connectivity index (χ2n) is 22.1. The van der Waals surface area contributed by atoms with Gasteiger partial charge in [0.25, 0.3) is 5.91 Å². The molecule has 1 aliphatic carbocycles. The van der Waals surface area contributed by atoms with Gasteiger partial charge in [0.1, 0.15) is 60.3 Å². The summed E-state index contributed by atoms with van der Waals surface area (Å²) in [6.45, 7) is 4.40. The lowest BCUT2D eigenvalue weighted by molar-refractivity contribution is -0.151. The summed E-state index contributed by atoms with van der Waals surface area (Å²) in [5.41, 5.74) is 9.14. The Labute approximate surface area is 511 Å². The summed E-state index contributed by atoms with van der Waals surface area (Å²) in [5, 5.41) is 101. The van der Waals surface area contributed by atoms with E-state index in [4.69, 9.17) is 19.9 Å². The van der Waals surface area contributed by atoms with E-state index < -0.39 is 146 Å². The highest BCUT2D eigenvalue weighted by molar-refractivity contribution is 6.00. The summed E-state index contributed by atoms with van der Waals surface area (Å²) < 4.78 is 17.3. The normalized spacial score (nSPS) is 25.9. The number of benzene rings is 3. The van der Waals surface area contributed by atoms with E-state index in [-0.39, 0.29) is 62.3 Å². The van der Waals surface area contributed by atoms with Crippen molar-refractivity contribution in [3.8, 4) is 16.9 Å². The number of aliphatic hydroxyl groups excluding tert-OH is 7. The number of amides is 7. The van der Waals surface area contributed by atoms with Gasteiger partial charge in [0, 0.05) is 44.6 Å². The van der Waals surface area contributed by atoms with Crippen LogP contribution in [0.1, 0.15) is 100 Å². The molecule has 6 rings (SSSR count). The molecule has 0 spiro atoms. The second kappa shape index (κ2) is 33.9. The molecule has 2 fully saturated rings. The molecule has 0 bridgehead atoms. The zero-order valence-corrected chi connectivity index (χ0v) is 50.0. The maximum Gasteiger partial charge on any atom is 0.251 e. The molecule has 26 heteroatoms. The molecule has 88 heavy (non-hydrogen) atoms. The van der Waals surface area contributed by atoms with Crippen molar-refractivity contribution in [2.75, 3.05) is 52.7 Å². The number of aromatic hydroxyl groups is 1. The van der Waals surface area contributed by atoms with Gasteiger partial charge in [-0.05, 0) is 85.2 Å². The summed E-state index contributed by atoms with van der Waals surface area (Å²) in [6.07, 6.45) is -4.07. The number of allylic oxidation sites excluding steroid dienone is 2. The van der Waals surface area contributed by atoms with Crippen LogP contribution >= 0.6 is 0 Å². The summed E-state index contributed by atoms with van der Waals surface area (Å²) >= 11 is 0. The first-order valence-corrected chi connectivity index (χ1v) is 29.8. The minimum Gasteiger partial charge on any atom is -0.508 e. The van der Waals surface area contributed by atoms with Crippen LogP contribution in [0.3, 0.4) is 0 Å². The number of ether oxygens (including phenoxy) is 3. The van der Waals surface area contributed by atoms with Crippen molar-refractivity contribution in [1.29, 1.82) is 0 Å². The zero-order valence-electron chi connectivity index (χ0n) is 50.0. The van der Waals surface area contributed by atoms with E-state index in [0.29, 0.717) is 6.61 Å². The van der Waals surface area contributed by atoms with Crippen LogP contribution in [0.4, 0.5) is 0 Å². The number of unbranched alkanes of at least 4 members (excludes halogenated alkanes) is 2. The molecule has 26 nitrogen and oxygen atoms in total. The molecule has 482 valence electrons. The van der Waals surface area contributed by atoms with E-state index in [1.165, 1.54) is 24.3 Å². The smallest absolute Gasteiger partial charge is 0.251 e. The quantitative estimate of drug-likeness (QED) is 0.0514. The van der Waals surface area contributed by atoms with Crippen molar-refractivity contribution in [2.24, 2.45) is 5.73 Å². The number of nitrogens with two attached hydrogens (primary N) is 1. The molecule has 14 atom stereocenters. The first kappa shape index (κ1) is 69.9. The van der Waals surface area contributed by atoms with Crippen LogP contribution in [0.25, 0.3) is 16.7 Å². The summed E-state index contributed by atoms with van der Waals surface area (Å²) in [4.78, 5) is 103. The average Bonchev–Trinajstić information content (AvgIpc) is 3.85. The number of phenolic OH excluding ortho intramolecular Hbond substituents is 1. The largest absolute Gasteiger partial charge is 0.508 e. The van der Waals surface area contributed by atoms with Crippen LogP contribution in [-0.2, 0) is 43.0 Å². The van der Waals surface area contributed by atoms with E-state index in [9.17, 15) is 74.4 Å². The van der Waals surface area contributed by atoms with Crippen LogP contribution in [0.2, 0.25) is 0 Å². The molecule has 2 aliphatic heterocycles. The van der Waals surface area contributed by atoms with E-state index in [0.717, 1.165) is 83.7 Å². The third kappa shape index (κ3) is 18.9. The van der Waals surface area contributed by atoms with Crippen LogP contribution in [-0.4, -0.2) is 224 Å². The Morgan fingerprint density at radius 2 is 1.33 bits per heavy atom. The molecule has 3 aromatic rings. The van der Waals surface area contributed by atoms with Gasteiger partial charge in [-0.15, -0.1) is 0 Å². The van der Waals surface area contributed by atoms with E-state index >= 15 is 0 Å². The van der Waals surface area contributed by atoms with Gasteiger partial charge in [0.2, 0.25) is 35.4 Å². The predicted octanol–water partition coefficient (Wildman–Crippen LogP) is -0.853. The number of hydrogen-bond donors (Lipinski definition) is 14. The fraction of sp³-hybridized carbons (Fsp3) is 0.532. The third-order valence-electron chi connectivity index (χ3n) is 15.4. The second-order valence-corrected chi connectivity index (χ2v) is 22.1. The number of aliphatic hydroxyl groups is 7. The van der Waals surface area contributed by atoms with E-state index in [1.807, 2.05) is 30.3 Å². The third-order valence-corrected chi connectivity index (χ3v) is 15.4. The molecule has 0 radical (unpaired) electrons. The molecule has 15 N–H and O–H groups in total. The minimum atomic E-state index is -2.30. The van der Waals surface area contributed by atoms with Gasteiger partial charge in [-0.2, -0.15) is 0 Å². The standard InChI is InChI=1S/C62H86N8O18/c1-5-7-8-27-87-45-23-19-40(20-24-45)38-11-9-37(10-12-38)39-13-15-42(16-14-39)55(79)64-46-32-49(76)60(88-30-29-86-28-25-63)68-58(82)48(34-71)69(26-6-2)61(84)50(35(3)72)66-59(83)52(54(78)53(77)41-17-21-43(74)22-18-41)67-57(81)47-31-44(75)33-70(47)62(85)51(36(4)73)65-56(46)80/h9-23,35-36,44-54,60,71-78H,5-8,24-34,63H2,1-4H3,(H,64,79)(H,65,80)(H,66,83)(H,67,81)(H,68,82). The molecular weight excluding hydrogens is 1140 g/mol. The number of nitrogens with zero attached hydrogens (tertiary/aromatic N) is 2. The lowest BCUT2D eigenvalue weighted by atomic mass is 9.96. The number of nitrogens with one attached hydrogen (secondary N) is 5. The highest BCUT2D eigenvalue weighted by Crippen LogP contribution is 2.28. The highest BCUT2D eigenvalue weighted by Gasteiger charge is 2.47. The van der Waals surface area contributed by atoms with Gasteiger partial charge >= 0.3 is 0 Å². The van der Waals surface area contributed by atoms with Crippen LogP contribution in [0.15, 0.2) is 91.0 Å². The fourth-order valence-electron chi connectivity index (χ4n) is 10.5. The van der Waals surface area contributed by atoms with Crippen LogP contribution in [0, 0.1) is 0 Å². The van der Waals surface area contributed by atoms with Gasteiger partial charge in [-0.25, -0.2) is 0 Å². The highest BCUT2D eigenvalue weighted by atomic mass is 16.5. The number of carbonyl (C=O) groups is 7. The molecule has 3 aliphatic rings. The molecule has 3 aromatic carbocycles. The molecule has 14 unspecified atom stereocenters. The Kier molecular flexibility index (Phi) is 27.0. The molecule has 0 saturated carbocycles. The average molecular weight is 1230 g/mol. The Hall–Kier alpha value is -7.21. The van der Waals surface area contributed by atoms with Gasteiger partial charge < -0.3 is 97.2 Å². The van der Waals surface area contributed by atoms with Crippen LogP contribution in [0.5, 0.6) is 5.75 Å². The van der Waals surface area contributed by atoms with Crippen LogP contribution < -0.4 is 32.3 Å². The topological polar surface area (TPSA) is 402 Å². The maximum absolute atomic E-state index is 14.7. The Morgan fingerprint density at radius 1 is 0.705 bits per heavy atom. The molecule has 7 amide bonds. The molecule has 0 aromatic heterocycles. The number of carbonyl (C=O) groups excluding carboxylic acids is 7. The van der Waals surface area contributed by atoms with Crippen molar-refractivity contribution >= 4 is 46.9 Å². The van der Waals surface area contributed by atoms with Gasteiger partial charge in [0.05, 0.1) is 50.8 Å². The monoisotopic (exact) mass is 1230 g/mol. The van der Waals surface area contributed by atoms with Crippen molar-refractivity contribution in [3.63, 3.8) is 0 Å². The zero-order chi connectivity index (χ0) is 64.2. The number of hydrogen-bond acceptors (Lipinski definition) is 19. The number of rotatable bonds is 23. The number of phenols is 1. The predicted molar refractivity (Wildman–Crippen MR) is 320 cm³/mol. The summed E-state index contributed by atoms with van der Waals surface area (Å²) in [5.74, 6) is -8.42. The van der Waals surface area contributed by atoms with E-state index in [1.54, 1.807) is 19.1 Å². The number of fused-ring (bicyclic) bond motifs is 1. The Morgan fingerprint density at radius 3 is 1.93 bits per heavy atom. The molecule has 2 saturated heterocycles. The van der Waals surface area contributed by atoms with Crippen molar-refractivity contribution in [1.82, 2.24) is 36.4 Å². The molecular formula is C62H86N8O18. The van der Waals surface area contributed by atoms with Gasteiger partial charge in [-0.3, -0.25) is 33.6 Å². The van der Waals surface area contributed by atoms with Crippen molar-refractivity contribution in [2.45, 2.75) is 158 Å².